The number of methoxy groups -OCH3 is 3. The number of nitrogens with zero attached hydrogens (tertiary/aromatic N) is 2. The fourth-order valence-electron chi connectivity index (χ4n) is 7.93. The zero-order valence-corrected chi connectivity index (χ0v) is 31.9. The van der Waals surface area contributed by atoms with E-state index in [1.807, 2.05) is 30.3 Å². The van der Waals surface area contributed by atoms with Crippen LogP contribution in [0.15, 0.2) is 95.9 Å². The Labute approximate surface area is 316 Å². The van der Waals surface area contributed by atoms with Crippen LogP contribution in [-0.4, -0.2) is 66.7 Å². The molecule has 0 saturated heterocycles. The second kappa shape index (κ2) is 14.5. The molecule has 0 N–H and O–H groups in total. The van der Waals surface area contributed by atoms with E-state index in [1.54, 1.807) is 45.6 Å². The quantitative estimate of drug-likeness (QED) is 0.160. The summed E-state index contributed by atoms with van der Waals surface area (Å²) in [6.45, 7) is 1.70. The lowest BCUT2D eigenvalue weighted by Gasteiger charge is -2.37. The van der Waals surface area contributed by atoms with Gasteiger partial charge in [-0.15, -0.1) is 0 Å². The number of hydrogen-bond donors (Lipinski definition) is 0. The maximum atomic E-state index is 13.4. The Kier molecular flexibility index (Phi) is 9.64. The van der Waals surface area contributed by atoms with Crippen molar-refractivity contribution in [2.24, 2.45) is 0 Å². The van der Waals surface area contributed by atoms with Crippen LogP contribution < -0.4 is 27.9 Å². The first-order chi connectivity index (χ1) is 26.1. The summed E-state index contributed by atoms with van der Waals surface area (Å²) >= 11 is 0. The molecule has 0 saturated carbocycles. The number of hydrogen-bond acceptors (Lipinski definition) is 10. The number of likely N-dealkylation sites (N-methyl/N-ethyl adjacent to an activating group) is 2. The van der Waals surface area contributed by atoms with Crippen molar-refractivity contribution >= 4 is 10.1 Å². The van der Waals surface area contributed by atoms with Crippen LogP contribution in [0.5, 0.6) is 46.0 Å². The summed E-state index contributed by atoms with van der Waals surface area (Å²) in [5.74, 6) is 3.86. The van der Waals surface area contributed by atoms with Gasteiger partial charge >= 0.3 is 10.1 Å². The molecular formula is C43H44N2O8S. The third kappa shape index (κ3) is 6.72. The molecule has 0 aromatic heterocycles. The molecule has 2 atom stereocenters. The summed E-state index contributed by atoms with van der Waals surface area (Å²) in [6.07, 6.45) is 2.96. The summed E-state index contributed by atoms with van der Waals surface area (Å²) < 4.78 is 64.0. The lowest BCUT2D eigenvalue weighted by Crippen LogP contribution is -2.34. The van der Waals surface area contributed by atoms with Gasteiger partial charge in [-0.3, -0.25) is 9.80 Å². The van der Waals surface area contributed by atoms with Crippen LogP contribution in [0.25, 0.3) is 0 Å². The minimum atomic E-state index is -4.14. The predicted octanol–water partition coefficient (Wildman–Crippen LogP) is 7.92. The van der Waals surface area contributed by atoms with Crippen molar-refractivity contribution in [2.45, 2.75) is 42.7 Å². The number of fused-ring (bicyclic) bond motifs is 2. The van der Waals surface area contributed by atoms with Crippen molar-refractivity contribution in [1.82, 2.24) is 9.80 Å². The van der Waals surface area contributed by atoms with Crippen LogP contribution in [0, 0.1) is 0 Å². The zero-order valence-electron chi connectivity index (χ0n) is 31.1. The van der Waals surface area contributed by atoms with Crippen molar-refractivity contribution < 1.29 is 36.3 Å². The van der Waals surface area contributed by atoms with Gasteiger partial charge in [0.25, 0.3) is 0 Å². The van der Waals surface area contributed by atoms with E-state index in [0.29, 0.717) is 46.7 Å². The lowest BCUT2D eigenvalue weighted by atomic mass is 9.87. The number of rotatable bonds is 6. The first kappa shape index (κ1) is 35.8. The highest BCUT2D eigenvalue weighted by Gasteiger charge is 2.35. The Morgan fingerprint density at radius 1 is 0.648 bits per heavy atom. The molecule has 280 valence electrons. The highest BCUT2D eigenvalue weighted by atomic mass is 32.2. The molecular weight excluding hydrogens is 705 g/mol. The topological polar surface area (TPSA) is 96.0 Å². The molecule has 54 heavy (non-hydrogen) atoms. The maximum absolute atomic E-state index is 13.4. The standard InChI is InChI=1S/C43H44N2O8S/c1-44-19-17-29-24-37(48-3)39-26-33(29)34(44)21-27-11-14-31(15-12-27)51-38-23-28(13-16-36(38)53-54(46,47)32-9-7-6-8-10-32)22-35-41-30(18-20-45(35)2)25-40(49-4)42(50-5)43(41)52-39/h6-16,23-26,34-35H,17-22H2,1-5H3/t34-,35+/m0/s1. The average molecular weight is 749 g/mol. The highest BCUT2D eigenvalue weighted by Crippen LogP contribution is 2.52. The van der Waals surface area contributed by atoms with Gasteiger partial charge in [0.05, 0.1) is 21.3 Å². The Hall–Kier alpha value is -5.23. The van der Waals surface area contributed by atoms with Gasteiger partial charge in [0.2, 0.25) is 5.75 Å². The minimum Gasteiger partial charge on any atom is -0.493 e. The fraction of sp³-hybridized carbons (Fsp3) is 0.302. The molecule has 4 heterocycles. The molecule has 4 aliphatic rings. The molecule has 5 aromatic carbocycles. The smallest absolute Gasteiger partial charge is 0.339 e. The normalized spacial score (nSPS) is 18.3. The van der Waals surface area contributed by atoms with Gasteiger partial charge in [-0.25, -0.2) is 0 Å². The molecule has 10 nitrogen and oxygen atoms in total. The summed E-state index contributed by atoms with van der Waals surface area (Å²) in [7, 11) is 5.06. The van der Waals surface area contributed by atoms with Crippen LogP contribution >= 0.6 is 0 Å². The van der Waals surface area contributed by atoms with Gasteiger partial charge in [-0.05, 0) is 122 Å². The third-order valence-electron chi connectivity index (χ3n) is 10.9. The van der Waals surface area contributed by atoms with Crippen molar-refractivity contribution in [3.8, 4) is 46.0 Å². The monoisotopic (exact) mass is 748 g/mol. The van der Waals surface area contributed by atoms with Gasteiger partial charge in [0.1, 0.15) is 10.6 Å². The second-order valence-electron chi connectivity index (χ2n) is 14.1. The fourth-order valence-corrected chi connectivity index (χ4v) is 8.89. The Morgan fingerprint density at radius 2 is 1.30 bits per heavy atom. The Balaban J connectivity index is 1.32. The molecule has 4 aliphatic heterocycles. The van der Waals surface area contributed by atoms with Gasteiger partial charge < -0.3 is 27.9 Å². The predicted molar refractivity (Wildman–Crippen MR) is 205 cm³/mol. The van der Waals surface area contributed by atoms with Crippen molar-refractivity contribution in [1.29, 1.82) is 0 Å². The molecule has 11 heteroatoms. The van der Waals surface area contributed by atoms with E-state index in [-0.39, 0.29) is 22.7 Å². The van der Waals surface area contributed by atoms with E-state index in [0.717, 1.165) is 54.6 Å². The molecule has 0 spiro atoms. The molecule has 6 bridgehead atoms. The zero-order chi connectivity index (χ0) is 37.6. The van der Waals surface area contributed by atoms with E-state index in [1.165, 1.54) is 23.3 Å². The molecule has 5 aromatic rings. The van der Waals surface area contributed by atoms with E-state index in [9.17, 15) is 8.42 Å². The van der Waals surface area contributed by atoms with E-state index < -0.39 is 10.1 Å². The number of ether oxygens (including phenoxy) is 5. The highest BCUT2D eigenvalue weighted by molar-refractivity contribution is 7.87. The van der Waals surface area contributed by atoms with Crippen molar-refractivity contribution in [3.05, 3.63) is 124 Å². The molecule has 0 amide bonds. The average Bonchev–Trinajstić information content (AvgIpc) is 3.18. The molecule has 0 unspecified atom stereocenters. The molecule has 0 aliphatic carbocycles. The van der Waals surface area contributed by atoms with Crippen molar-refractivity contribution in [3.63, 3.8) is 0 Å². The molecule has 0 radical (unpaired) electrons. The summed E-state index contributed by atoms with van der Waals surface area (Å²) in [6, 6.07) is 27.7. The summed E-state index contributed by atoms with van der Waals surface area (Å²) in [5.41, 5.74) is 6.53. The maximum Gasteiger partial charge on any atom is 0.339 e. The van der Waals surface area contributed by atoms with Crippen LogP contribution in [0.3, 0.4) is 0 Å². The van der Waals surface area contributed by atoms with Gasteiger partial charge in [-0.1, -0.05) is 36.4 Å². The summed E-state index contributed by atoms with van der Waals surface area (Å²) in [4.78, 5) is 4.74. The first-order valence-corrected chi connectivity index (χ1v) is 19.5. The second-order valence-corrected chi connectivity index (χ2v) is 15.6. The van der Waals surface area contributed by atoms with Gasteiger partial charge in [-0.2, -0.15) is 8.42 Å². The van der Waals surface area contributed by atoms with E-state index in [4.69, 9.17) is 27.9 Å². The lowest BCUT2D eigenvalue weighted by molar-refractivity contribution is 0.220. The van der Waals surface area contributed by atoms with Crippen LogP contribution in [-0.2, 0) is 35.8 Å². The van der Waals surface area contributed by atoms with Crippen LogP contribution in [0.1, 0.15) is 45.5 Å². The van der Waals surface area contributed by atoms with Gasteiger partial charge in [0.15, 0.2) is 34.5 Å². The first-order valence-electron chi connectivity index (χ1n) is 18.1. The van der Waals surface area contributed by atoms with Crippen molar-refractivity contribution in [2.75, 3.05) is 48.5 Å². The Morgan fingerprint density at radius 3 is 2.02 bits per heavy atom. The van der Waals surface area contributed by atoms with Gasteiger partial charge in [0, 0.05) is 30.7 Å². The Bertz CT molecular complexity index is 2300. The van der Waals surface area contributed by atoms with Crippen LogP contribution in [0.4, 0.5) is 0 Å². The van der Waals surface area contributed by atoms with Crippen LogP contribution in [0.2, 0.25) is 0 Å². The minimum absolute atomic E-state index is 0.0560. The summed E-state index contributed by atoms with van der Waals surface area (Å²) in [5, 5.41) is 0. The third-order valence-corrected chi connectivity index (χ3v) is 12.1. The molecule has 9 rings (SSSR count). The number of benzene rings is 5. The van der Waals surface area contributed by atoms with E-state index in [2.05, 4.69) is 48.2 Å². The molecule has 0 fully saturated rings. The SMILES string of the molecule is COc1cc2c3cc1Oc1c(OC)c(OC)cc4c1[C@@H](Cc1ccc(OS(=O)(=O)c5ccccc5)c(c1)Oc1ccc(cc1)C[C@@H]3N(C)CC2)N(C)CC4. The van der Waals surface area contributed by atoms with E-state index >= 15 is 0 Å². The largest absolute Gasteiger partial charge is 0.493 e.